The molecule has 0 N–H and O–H groups in total. The number of nitrogens with zero attached hydrogens (tertiary/aromatic N) is 1. The van der Waals surface area contributed by atoms with Crippen molar-refractivity contribution in [2.75, 3.05) is 19.0 Å². The highest BCUT2D eigenvalue weighted by molar-refractivity contribution is 6.18. The number of amides is 1. The van der Waals surface area contributed by atoms with Crippen molar-refractivity contribution in [2.45, 2.75) is 12.8 Å². The van der Waals surface area contributed by atoms with Crippen molar-refractivity contribution in [3.05, 3.63) is 35.9 Å². The van der Waals surface area contributed by atoms with Gasteiger partial charge < -0.3 is 4.90 Å². The van der Waals surface area contributed by atoms with E-state index in [0.717, 1.165) is 31.5 Å². The monoisotopic (exact) mass is 237 g/mol. The van der Waals surface area contributed by atoms with Crippen molar-refractivity contribution in [2.24, 2.45) is 5.92 Å². The first-order valence-corrected chi connectivity index (χ1v) is 6.25. The van der Waals surface area contributed by atoms with E-state index in [4.69, 9.17) is 11.6 Å². The largest absolute Gasteiger partial charge is 0.338 e. The summed E-state index contributed by atoms with van der Waals surface area (Å²) in [5.74, 6) is 1.25. The van der Waals surface area contributed by atoms with E-state index in [2.05, 4.69) is 0 Å². The minimum Gasteiger partial charge on any atom is -0.338 e. The summed E-state index contributed by atoms with van der Waals surface area (Å²) < 4.78 is 0. The SMILES string of the molecule is O=C(c1ccccc1)N1CCCC(CCl)C1. The second-order valence-corrected chi connectivity index (χ2v) is 4.59. The zero-order valence-corrected chi connectivity index (χ0v) is 9.99. The Morgan fingerprint density at radius 1 is 1.38 bits per heavy atom. The van der Waals surface area contributed by atoms with Crippen LogP contribution in [0.4, 0.5) is 0 Å². The lowest BCUT2D eigenvalue weighted by Gasteiger charge is -2.31. The molecule has 1 aromatic carbocycles. The lowest BCUT2D eigenvalue weighted by atomic mass is 9.99. The maximum atomic E-state index is 12.1. The summed E-state index contributed by atoms with van der Waals surface area (Å²) in [6, 6.07) is 9.46. The van der Waals surface area contributed by atoms with Crippen LogP contribution in [0.2, 0.25) is 0 Å². The van der Waals surface area contributed by atoms with Crippen molar-refractivity contribution in [1.29, 1.82) is 0 Å². The molecule has 1 aromatic rings. The Balaban J connectivity index is 2.05. The number of carbonyl (C=O) groups is 1. The average molecular weight is 238 g/mol. The van der Waals surface area contributed by atoms with Crippen LogP contribution in [0.15, 0.2) is 30.3 Å². The van der Waals surface area contributed by atoms with Crippen LogP contribution < -0.4 is 0 Å². The summed E-state index contributed by atoms with van der Waals surface area (Å²) in [4.78, 5) is 14.1. The summed E-state index contributed by atoms with van der Waals surface area (Å²) in [5.41, 5.74) is 0.776. The van der Waals surface area contributed by atoms with Crippen molar-refractivity contribution in [3.8, 4) is 0 Å². The highest BCUT2D eigenvalue weighted by Crippen LogP contribution is 2.19. The van der Waals surface area contributed by atoms with Gasteiger partial charge in [-0.1, -0.05) is 18.2 Å². The van der Waals surface area contributed by atoms with Crippen molar-refractivity contribution in [3.63, 3.8) is 0 Å². The molecule has 1 fully saturated rings. The highest BCUT2D eigenvalue weighted by Gasteiger charge is 2.23. The van der Waals surface area contributed by atoms with Gasteiger partial charge in [0.1, 0.15) is 0 Å². The van der Waals surface area contributed by atoms with Gasteiger partial charge in [0.05, 0.1) is 0 Å². The van der Waals surface area contributed by atoms with Gasteiger partial charge in [0.2, 0.25) is 0 Å². The first-order valence-electron chi connectivity index (χ1n) is 5.71. The van der Waals surface area contributed by atoms with Gasteiger partial charge >= 0.3 is 0 Å². The summed E-state index contributed by atoms with van der Waals surface area (Å²) in [6.45, 7) is 1.67. The van der Waals surface area contributed by atoms with Crippen LogP contribution in [-0.4, -0.2) is 29.8 Å². The van der Waals surface area contributed by atoms with Crippen LogP contribution in [0.1, 0.15) is 23.2 Å². The predicted octanol–water partition coefficient (Wildman–Crippen LogP) is 2.78. The van der Waals surface area contributed by atoms with Crippen LogP contribution >= 0.6 is 11.6 Å². The molecule has 86 valence electrons. The van der Waals surface area contributed by atoms with E-state index in [0.29, 0.717) is 11.8 Å². The second kappa shape index (κ2) is 5.35. The molecule has 0 saturated carbocycles. The van der Waals surface area contributed by atoms with E-state index < -0.39 is 0 Å². The Kier molecular flexibility index (Phi) is 3.83. The number of rotatable bonds is 2. The first kappa shape index (κ1) is 11.5. The Labute approximate surface area is 101 Å². The molecule has 0 radical (unpaired) electrons. The fourth-order valence-corrected chi connectivity index (χ4v) is 2.39. The van der Waals surface area contributed by atoms with Gasteiger partial charge in [0.15, 0.2) is 0 Å². The van der Waals surface area contributed by atoms with E-state index in [-0.39, 0.29) is 5.91 Å². The molecule has 0 bridgehead atoms. The topological polar surface area (TPSA) is 20.3 Å². The van der Waals surface area contributed by atoms with E-state index in [1.165, 1.54) is 0 Å². The smallest absolute Gasteiger partial charge is 0.253 e. The molecule has 2 rings (SSSR count). The van der Waals surface area contributed by atoms with Crippen LogP contribution in [0, 0.1) is 5.92 Å². The molecule has 1 aliphatic heterocycles. The number of likely N-dealkylation sites (tertiary alicyclic amines) is 1. The third-order valence-electron chi connectivity index (χ3n) is 3.05. The zero-order chi connectivity index (χ0) is 11.4. The lowest BCUT2D eigenvalue weighted by molar-refractivity contribution is 0.0685. The number of carbonyl (C=O) groups excluding carboxylic acids is 1. The van der Waals surface area contributed by atoms with E-state index >= 15 is 0 Å². The van der Waals surface area contributed by atoms with Gasteiger partial charge in [0, 0.05) is 24.5 Å². The van der Waals surface area contributed by atoms with Crippen LogP contribution in [0.25, 0.3) is 0 Å². The molecule has 0 aliphatic carbocycles. The molecule has 1 unspecified atom stereocenters. The van der Waals surface area contributed by atoms with Gasteiger partial charge in [-0.05, 0) is 30.9 Å². The lowest BCUT2D eigenvalue weighted by Crippen LogP contribution is -2.40. The van der Waals surface area contributed by atoms with E-state index in [1.807, 2.05) is 35.2 Å². The molecule has 0 spiro atoms. The quantitative estimate of drug-likeness (QED) is 0.725. The molecule has 3 heteroatoms. The van der Waals surface area contributed by atoms with Gasteiger partial charge in [-0.25, -0.2) is 0 Å². The molecule has 1 saturated heterocycles. The Bertz CT molecular complexity index is 352. The second-order valence-electron chi connectivity index (χ2n) is 4.28. The Hall–Kier alpha value is -1.02. The van der Waals surface area contributed by atoms with Gasteiger partial charge in [-0.2, -0.15) is 0 Å². The van der Waals surface area contributed by atoms with Gasteiger partial charge in [-0.3, -0.25) is 4.79 Å². The van der Waals surface area contributed by atoms with Crippen molar-refractivity contribution in [1.82, 2.24) is 4.90 Å². The molecule has 16 heavy (non-hydrogen) atoms. The minimum absolute atomic E-state index is 0.135. The molecule has 0 aromatic heterocycles. The summed E-state index contributed by atoms with van der Waals surface area (Å²) in [6.07, 6.45) is 2.21. The third kappa shape index (κ3) is 2.56. The number of benzene rings is 1. The maximum absolute atomic E-state index is 12.1. The number of alkyl halides is 1. The Morgan fingerprint density at radius 3 is 2.81 bits per heavy atom. The fraction of sp³-hybridized carbons (Fsp3) is 0.462. The van der Waals surface area contributed by atoms with E-state index in [9.17, 15) is 4.79 Å². The van der Waals surface area contributed by atoms with E-state index in [1.54, 1.807) is 0 Å². The maximum Gasteiger partial charge on any atom is 0.253 e. The molecule has 1 amide bonds. The van der Waals surface area contributed by atoms with Crippen LogP contribution in [-0.2, 0) is 0 Å². The minimum atomic E-state index is 0.135. The molecule has 1 atom stereocenters. The number of hydrogen-bond acceptors (Lipinski definition) is 1. The zero-order valence-electron chi connectivity index (χ0n) is 9.23. The molecule has 1 aliphatic rings. The van der Waals surface area contributed by atoms with Crippen molar-refractivity contribution < 1.29 is 4.79 Å². The fourth-order valence-electron chi connectivity index (χ4n) is 2.14. The summed E-state index contributed by atoms with van der Waals surface area (Å²) >= 11 is 5.86. The van der Waals surface area contributed by atoms with Crippen LogP contribution in [0.5, 0.6) is 0 Å². The molecule has 1 heterocycles. The molecular weight excluding hydrogens is 222 g/mol. The summed E-state index contributed by atoms with van der Waals surface area (Å²) in [7, 11) is 0. The number of halogens is 1. The van der Waals surface area contributed by atoms with Crippen LogP contribution in [0.3, 0.4) is 0 Å². The number of hydrogen-bond donors (Lipinski definition) is 0. The first-order chi connectivity index (χ1) is 7.81. The van der Waals surface area contributed by atoms with Gasteiger partial charge in [0.25, 0.3) is 5.91 Å². The standard InChI is InChI=1S/C13H16ClNO/c14-9-11-5-4-8-15(10-11)13(16)12-6-2-1-3-7-12/h1-3,6-7,11H,4-5,8-10H2. The summed E-state index contributed by atoms with van der Waals surface area (Å²) in [5, 5.41) is 0. The predicted molar refractivity (Wildman–Crippen MR) is 65.8 cm³/mol. The number of piperidine rings is 1. The highest BCUT2D eigenvalue weighted by atomic mass is 35.5. The third-order valence-corrected chi connectivity index (χ3v) is 3.48. The average Bonchev–Trinajstić information content (AvgIpc) is 2.39. The van der Waals surface area contributed by atoms with Crippen molar-refractivity contribution >= 4 is 17.5 Å². The molecular formula is C13H16ClNO. The normalized spacial score (nSPS) is 20.8. The van der Waals surface area contributed by atoms with Gasteiger partial charge in [-0.15, -0.1) is 11.6 Å². The molecule has 2 nitrogen and oxygen atoms in total. The Morgan fingerprint density at radius 2 is 2.12 bits per heavy atom.